The van der Waals surface area contributed by atoms with Crippen molar-refractivity contribution in [3.63, 3.8) is 0 Å². The first-order valence-electron chi connectivity index (χ1n) is 10.3. The Hall–Kier alpha value is -3.85. The van der Waals surface area contributed by atoms with E-state index in [0.717, 1.165) is 17.3 Å². The number of aliphatic imine (C=N–C) groups is 1. The Balaban J connectivity index is 1.98. The fourth-order valence-corrected chi connectivity index (χ4v) is 3.92. The van der Waals surface area contributed by atoms with Crippen LogP contribution < -0.4 is 4.74 Å². The molecule has 0 bridgehead atoms. The zero-order valence-electron chi connectivity index (χ0n) is 18.9. The molecule has 1 aliphatic heterocycles. The summed E-state index contributed by atoms with van der Waals surface area (Å²) in [6.45, 7) is 3.33. The molecule has 0 aliphatic carbocycles. The standard InChI is InChI=1S/C25H23NO7S/c1-4-32-25(30)21-22(28)19(13-17-7-5-6-8-18(17)33-14-20(27)31-3)34-24(21)26-23(29)16-11-9-15(2)10-12-16/h5-13,28H,4,14H2,1-3H3/b19-13-,26-24?. The molecular weight excluding hydrogens is 458 g/mol. The molecule has 8 nitrogen and oxygen atoms in total. The predicted octanol–water partition coefficient (Wildman–Crippen LogP) is 4.25. The number of nitrogens with zero attached hydrogens (tertiary/aromatic N) is 1. The van der Waals surface area contributed by atoms with Crippen molar-refractivity contribution in [3.8, 4) is 5.75 Å². The number of methoxy groups -OCH3 is 1. The second-order valence-corrected chi connectivity index (χ2v) is 8.08. The first-order valence-corrected chi connectivity index (χ1v) is 11.1. The third kappa shape index (κ3) is 5.93. The van der Waals surface area contributed by atoms with Gasteiger partial charge < -0.3 is 19.3 Å². The maximum Gasteiger partial charge on any atom is 0.344 e. The second kappa shape index (κ2) is 11.3. The van der Waals surface area contributed by atoms with Gasteiger partial charge in [0.2, 0.25) is 0 Å². The lowest BCUT2D eigenvalue weighted by atomic mass is 10.1. The SMILES string of the molecule is CCOC(=O)C1=C(O)/C(=C/c2ccccc2OCC(=O)OC)SC1=NC(=O)c1ccc(C)cc1. The zero-order valence-corrected chi connectivity index (χ0v) is 19.7. The number of ether oxygens (including phenoxy) is 3. The minimum Gasteiger partial charge on any atom is -0.506 e. The van der Waals surface area contributed by atoms with Gasteiger partial charge in [-0.25, -0.2) is 14.6 Å². The van der Waals surface area contributed by atoms with Gasteiger partial charge in [0, 0.05) is 11.1 Å². The van der Waals surface area contributed by atoms with Gasteiger partial charge in [-0.3, -0.25) is 4.79 Å². The quantitative estimate of drug-likeness (QED) is 0.585. The van der Waals surface area contributed by atoms with Crippen molar-refractivity contribution in [3.05, 3.63) is 81.5 Å². The van der Waals surface area contributed by atoms with E-state index in [0.29, 0.717) is 16.9 Å². The third-order valence-corrected chi connectivity index (χ3v) is 5.67. The number of hydrogen-bond donors (Lipinski definition) is 1. The smallest absolute Gasteiger partial charge is 0.344 e. The Bertz CT molecular complexity index is 1200. The van der Waals surface area contributed by atoms with Gasteiger partial charge >= 0.3 is 11.9 Å². The molecule has 1 amide bonds. The monoisotopic (exact) mass is 481 g/mol. The Morgan fingerprint density at radius 3 is 2.47 bits per heavy atom. The summed E-state index contributed by atoms with van der Waals surface area (Å²) in [5.74, 6) is -1.88. The van der Waals surface area contributed by atoms with Gasteiger partial charge in [-0.1, -0.05) is 47.7 Å². The maximum absolute atomic E-state index is 12.7. The van der Waals surface area contributed by atoms with Crippen LogP contribution in [-0.4, -0.2) is 48.3 Å². The average molecular weight is 482 g/mol. The van der Waals surface area contributed by atoms with Gasteiger partial charge in [-0.15, -0.1) is 0 Å². The van der Waals surface area contributed by atoms with Crippen LogP contribution in [-0.2, 0) is 19.1 Å². The molecule has 0 saturated carbocycles. The molecule has 2 aromatic rings. The van der Waals surface area contributed by atoms with Crippen LogP contribution in [0.4, 0.5) is 0 Å². The van der Waals surface area contributed by atoms with E-state index in [2.05, 4.69) is 9.73 Å². The number of para-hydroxylation sites is 1. The van der Waals surface area contributed by atoms with E-state index in [9.17, 15) is 19.5 Å². The van der Waals surface area contributed by atoms with Crippen LogP contribution in [0.5, 0.6) is 5.75 Å². The Morgan fingerprint density at radius 2 is 1.79 bits per heavy atom. The van der Waals surface area contributed by atoms with Crippen molar-refractivity contribution in [2.75, 3.05) is 20.3 Å². The number of thioether (sulfide) groups is 1. The topological polar surface area (TPSA) is 111 Å². The number of aliphatic hydroxyl groups is 1. The summed E-state index contributed by atoms with van der Waals surface area (Å²) in [6.07, 6.45) is 1.57. The van der Waals surface area contributed by atoms with E-state index in [-0.39, 0.29) is 34.5 Å². The lowest BCUT2D eigenvalue weighted by molar-refractivity contribution is -0.143. The summed E-state index contributed by atoms with van der Waals surface area (Å²) in [6, 6.07) is 13.7. The Kier molecular flexibility index (Phi) is 8.26. The number of carbonyl (C=O) groups excluding carboxylic acids is 3. The number of benzene rings is 2. The average Bonchev–Trinajstić information content (AvgIpc) is 3.13. The van der Waals surface area contributed by atoms with Gasteiger partial charge in [-0.05, 0) is 38.1 Å². The van der Waals surface area contributed by atoms with Gasteiger partial charge in [0.15, 0.2) is 6.61 Å². The molecular formula is C25H23NO7S. The summed E-state index contributed by atoms with van der Waals surface area (Å²) in [5, 5.41) is 10.9. The lowest BCUT2D eigenvalue weighted by Gasteiger charge is -2.08. The molecule has 1 N–H and O–H groups in total. The number of amides is 1. The number of rotatable bonds is 7. The Morgan fingerprint density at radius 1 is 1.09 bits per heavy atom. The van der Waals surface area contributed by atoms with Crippen LogP contribution in [0.2, 0.25) is 0 Å². The molecule has 0 spiro atoms. The molecule has 2 aromatic carbocycles. The van der Waals surface area contributed by atoms with Crippen molar-refractivity contribution in [1.82, 2.24) is 0 Å². The fraction of sp³-hybridized carbons (Fsp3) is 0.200. The highest BCUT2D eigenvalue weighted by molar-refractivity contribution is 8.18. The number of carbonyl (C=O) groups is 3. The zero-order chi connectivity index (χ0) is 24.7. The number of aryl methyl sites for hydroxylation is 1. The van der Waals surface area contributed by atoms with E-state index in [1.807, 2.05) is 6.92 Å². The summed E-state index contributed by atoms with van der Waals surface area (Å²) in [4.78, 5) is 41.1. The number of aliphatic hydroxyl groups excluding tert-OH is 1. The van der Waals surface area contributed by atoms with E-state index in [1.54, 1.807) is 61.5 Å². The highest BCUT2D eigenvalue weighted by Gasteiger charge is 2.34. The van der Waals surface area contributed by atoms with E-state index in [4.69, 9.17) is 9.47 Å². The first-order chi connectivity index (χ1) is 16.3. The fourth-order valence-electron chi connectivity index (χ4n) is 2.91. The summed E-state index contributed by atoms with van der Waals surface area (Å²) in [5.41, 5.74) is 1.68. The number of esters is 2. The van der Waals surface area contributed by atoms with Gasteiger partial charge in [0.25, 0.3) is 5.91 Å². The van der Waals surface area contributed by atoms with Crippen LogP contribution in [0.1, 0.15) is 28.4 Å². The highest BCUT2D eigenvalue weighted by atomic mass is 32.2. The van der Waals surface area contributed by atoms with Gasteiger partial charge in [0.1, 0.15) is 22.1 Å². The van der Waals surface area contributed by atoms with Gasteiger partial charge in [0.05, 0.1) is 18.6 Å². The van der Waals surface area contributed by atoms with Crippen LogP contribution in [0.15, 0.2) is 69.8 Å². The highest BCUT2D eigenvalue weighted by Crippen LogP contribution is 2.40. The molecule has 9 heteroatoms. The third-order valence-electron chi connectivity index (χ3n) is 4.65. The Labute approximate surface area is 200 Å². The normalized spacial score (nSPS) is 15.5. The number of hydrogen-bond acceptors (Lipinski definition) is 8. The minimum atomic E-state index is -0.790. The lowest BCUT2D eigenvalue weighted by Crippen LogP contribution is -2.14. The van der Waals surface area contributed by atoms with E-state index in [1.165, 1.54) is 7.11 Å². The second-order valence-electron chi connectivity index (χ2n) is 7.05. The molecule has 1 heterocycles. The molecule has 1 aliphatic rings. The molecule has 34 heavy (non-hydrogen) atoms. The molecule has 0 fully saturated rings. The summed E-state index contributed by atoms with van der Waals surface area (Å²) in [7, 11) is 1.26. The first kappa shape index (κ1) is 24.8. The van der Waals surface area contributed by atoms with Crippen LogP contribution in [0, 0.1) is 6.92 Å². The molecule has 0 aromatic heterocycles. The molecule has 0 saturated heterocycles. The van der Waals surface area contributed by atoms with E-state index < -0.39 is 17.8 Å². The van der Waals surface area contributed by atoms with E-state index >= 15 is 0 Å². The van der Waals surface area contributed by atoms with Crippen LogP contribution in [0.25, 0.3) is 6.08 Å². The van der Waals surface area contributed by atoms with Crippen LogP contribution >= 0.6 is 11.8 Å². The summed E-state index contributed by atoms with van der Waals surface area (Å²) < 4.78 is 15.2. The van der Waals surface area contributed by atoms with Crippen molar-refractivity contribution in [2.45, 2.75) is 13.8 Å². The van der Waals surface area contributed by atoms with Crippen molar-refractivity contribution in [2.24, 2.45) is 4.99 Å². The predicted molar refractivity (Wildman–Crippen MR) is 129 cm³/mol. The summed E-state index contributed by atoms with van der Waals surface area (Å²) >= 11 is 0.958. The molecule has 0 unspecified atom stereocenters. The molecule has 3 rings (SSSR count). The maximum atomic E-state index is 12.7. The van der Waals surface area contributed by atoms with Crippen molar-refractivity contribution in [1.29, 1.82) is 0 Å². The van der Waals surface area contributed by atoms with Crippen LogP contribution in [0.3, 0.4) is 0 Å². The molecule has 176 valence electrons. The molecule has 0 radical (unpaired) electrons. The largest absolute Gasteiger partial charge is 0.506 e. The molecule has 0 atom stereocenters. The van der Waals surface area contributed by atoms with Crippen molar-refractivity contribution < 1.29 is 33.7 Å². The van der Waals surface area contributed by atoms with Crippen molar-refractivity contribution >= 4 is 40.7 Å². The minimum absolute atomic E-state index is 0.0285. The van der Waals surface area contributed by atoms with Gasteiger partial charge in [-0.2, -0.15) is 0 Å².